The van der Waals surface area contributed by atoms with E-state index in [1.807, 2.05) is 17.9 Å². The molecule has 0 aromatic carbocycles. The maximum Gasteiger partial charge on any atom is 0.255 e. The van der Waals surface area contributed by atoms with Crippen molar-refractivity contribution in [3.8, 4) is 0 Å². The Kier molecular flexibility index (Phi) is 3.87. The molecule has 0 bridgehead atoms. The van der Waals surface area contributed by atoms with Gasteiger partial charge in [0.15, 0.2) is 0 Å². The number of aryl methyl sites for hydroxylation is 1. The lowest BCUT2D eigenvalue weighted by atomic mass is 9.88. The molecule has 2 aliphatic rings. The van der Waals surface area contributed by atoms with E-state index in [0.717, 1.165) is 12.0 Å². The van der Waals surface area contributed by atoms with Gasteiger partial charge in [0.2, 0.25) is 5.91 Å². The highest BCUT2D eigenvalue weighted by atomic mass is 16.5. The molecule has 0 N–H and O–H groups in total. The molecular weight excluding hydrogens is 282 g/mol. The number of ether oxygens (including phenoxy) is 1. The second kappa shape index (κ2) is 5.68. The zero-order valence-electron chi connectivity index (χ0n) is 13.0. The van der Waals surface area contributed by atoms with Gasteiger partial charge in [0.05, 0.1) is 12.2 Å². The van der Waals surface area contributed by atoms with Gasteiger partial charge in [-0.05, 0) is 25.0 Å². The third kappa shape index (κ3) is 2.83. The van der Waals surface area contributed by atoms with Crippen LogP contribution in [-0.4, -0.2) is 66.5 Å². The average molecular weight is 303 g/mol. The van der Waals surface area contributed by atoms with E-state index in [2.05, 4.69) is 4.98 Å². The second-order valence-electron chi connectivity index (χ2n) is 6.47. The summed E-state index contributed by atoms with van der Waals surface area (Å²) in [7, 11) is 1.80. The fourth-order valence-corrected chi connectivity index (χ4v) is 3.31. The number of nitrogens with zero attached hydrogens (tertiary/aromatic N) is 3. The Morgan fingerprint density at radius 3 is 2.95 bits per heavy atom. The van der Waals surface area contributed by atoms with Gasteiger partial charge in [0.1, 0.15) is 6.61 Å². The largest absolute Gasteiger partial charge is 0.371 e. The summed E-state index contributed by atoms with van der Waals surface area (Å²) in [4.78, 5) is 32.0. The maximum atomic E-state index is 12.6. The zero-order valence-corrected chi connectivity index (χ0v) is 13.0. The third-order valence-electron chi connectivity index (χ3n) is 4.48. The van der Waals surface area contributed by atoms with Crippen molar-refractivity contribution >= 4 is 11.8 Å². The Bertz CT molecular complexity index is 604. The summed E-state index contributed by atoms with van der Waals surface area (Å²) in [6.07, 6.45) is 4.21. The Balaban J connectivity index is 1.74. The van der Waals surface area contributed by atoms with E-state index in [4.69, 9.17) is 4.74 Å². The van der Waals surface area contributed by atoms with E-state index >= 15 is 0 Å². The van der Waals surface area contributed by atoms with Crippen LogP contribution in [0.5, 0.6) is 0 Å². The normalized spacial score (nSPS) is 25.6. The van der Waals surface area contributed by atoms with Gasteiger partial charge >= 0.3 is 0 Å². The number of carbonyl (C=O) groups excluding carboxylic acids is 2. The highest BCUT2D eigenvalue weighted by Gasteiger charge is 2.43. The fourth-order valence-electron chi connectivity index (χ4n) is 3.31. The molecule has 22 heavy (non-hydrogen) atoms. The number of carbonyl (C=O) groups is 2. The average Bonchev–Trinajstić information content (AvgIpc) is 2.84. The van der Waals surface area contributed by atoms with E-state index in [1.165, 1.54) is 0 Å². The standard InChI is InChI=1S/C16H21N3O3/c1-12-5-13(7-17-6-12)15(21)19-4-3-16(10-19)9-18(2)14(20)8-22-11-16/h5-7H,3-4,8-11H2,1-2H3. The molecule has 0 aliphatic carbocycles. The lowest BCUT2D eigenvalue weighted by Gasteiger charge is -2.29. The van der Waals surface area contributed by atoms with Gasteiger partial charge in [-0.3, -0.25) is 14.6 Å². The number of hydrogen-bond acceptors (Lipinski definition) is 4. The molecule has 1 aromatic heterocycles. The predicted molar refractivity (Wildman–Crippen MR) is 80.4 cm³/mol. The maximum absolute atomic E-state index is 12.6. The summed E-state index contributed by atoms with van der Waals surface area (Å²) in [6, 6.07) is 1.86. The first-order valence-electron chi connectivity index (χ1n) is 7.52. The van der Waals surface area contributed by atoms with Crippen LogP contribution in [-0.2, 0) is 9.53 Å². The molecule has 3 heterocycles. The van der Waals surface area contributed by atoms with Crippen LogP contribution in [0, 0.1) is 12.3 Å². The Morgan fingerprint density at radius 2 is 2.18 bits per heavy atom. The first kappa shape index (κ1) is 15.0. The van der Waals surface area contributed by atoms with Crippen LogP contribution in [0.15, 0.2) is 18.5 Å². The zero-order chi connectivity index (χ0) is 15.7. The van der Waals surface area contributed by atoms with Gasteiger partial charge in [-0.25, -0.2) is 0 Å². The van der Waals surface area contributed by atoms with Crippen LogP contribution in [0.4, 0.5) is 0 Å². The van der Waals surface area contributed by atoms with Crippen LogP contribution in [0.25, 0.3) is 0 Å². The van der Waals surface area contributed by atoms with Gasteiger partial charge < -0.3 is 14.5 Å². The molecule has 6 nitrogen and oxygen atoms in total. The minimum absolute atomic E-state index is 0.00420. The minimum Gasteiger partial charge on any atom is -0.371 e. The molecule has 6 heteroatoms. The van der Waals surface area contributed by atoms with Gasteiger partial charge in [-0.2, -0.15) is 0 Å². The van der Waals surface area contributed by atoms with Gasteiger partial charge in [-0.15, -0.1) is 0 Å². The predicted octanol–water partition coefficient (Wildman–Crippen LogP) is 0.711. The van der Waals surface area contributed by atoms with Crippen molar-refractivity contribution in [2.45, 2.75) is 13.3 Å². The first-order valence-corrected chi connectivity index (χ1v) is 7.52. The van der Waals surface area contributed by atoms with E-state index in [9.17, 15) is 9.59 Å². The van der Waals surface area contributed by atoms with E-state index in [-0.39, 0.29) is 23.8 Å². The van der Waals surface area contributed by atoms with E-state index in [0.29, 0.717) is 31.8 Å². The number of likely N-dealkylation sites (N-methyl/N-ethyl adjacent to an activating group) is 1. The molecule has 3 rings (SSSR count). The summed E-state index contributed by atoms with van der Waals surface area (Å²) >= 11 is 0. The molecule has 0 saturated carbocycles. The molecule has 2 saturated heterocycles. The van der Waals surface area contributed by atoms with Gasteiger partial charge in [0, 0.05) is 44.5 Å². The summed E-state index contributed by atoms with van der Waals surface area (Å²) in [5, 5.41) is 0. The topological polar surface area (TPSA) is 62.7 Å². The molecular formula is C16H21N3O3. The first-order chi connectivity index (χ1) is 10.5. The minimum atomic E-state index is -0.145. The van der Waals surface area contributed by atoms with Crippen LogP contribution in [0.1, 0.15) is 22.3 Å². The number of likely N-dealkylation sites (tertiary alicyclic amines) is 1. The highest BCUT2D eigenvalue weighted by Crippen LogP contribution is 2.34. The van der Waals surface area contributed by atoms with Crippen molar-refractivity contribution in [2.24, 2.45) is 5.41 Å². The number of pyridine rings is 1. The monoisotopic (exact) mass is 303 g/mol. The number of aromatic nitrogens is 1. The second-order valence-corrected chi connectivity index (χ2v) is 6.47. The van der Waals surface area contributed by atoms with Crippen molar-refractivity contribution in [2.75, 3.05) is 39.9 Å². The van der Waals surface area contributed by atoms with Crippen LogP contribution in [0.2, 0.25) is 0 Å². The molecule has 0 radical (unpaired) electrons. The molecule has 2 amide bonds. The van der Waals surface area contributed by atoms with Crippen molar-refractivity contribution in [1.29, 1.82) is 0 Å². The quantitative estimate of drug-likeness (QED) is 0.766. The van der Waals surface area contributed by atoms with Crippen LogP contribution in [0.3, 0.4) is 0 Å². The van der Waals surface area contributed by atoms with Gasteiger partial charge in [-0.1, -0.05) is 0 Å². The Hall–Kier alpha value is -1.95. The molecule has 2 fully saturated rings. The van der Waals surface area contributed by atoms with Crippen molar-refractivity contribution in [1.82, 2.24) is 14.8 Å². The molecule has 2 aliphatic heterocycles. The van der Waals surface area contributed by atoms with E-state index < -0.39 is 0 Å². The Morgan fingerprint density at radius 1 is 1.36 bits per heavy atom. The van der Waals surface area contributed by atoms with Crippen LogP contribution >= 0.6 is 0 Å². The molecule has 1 atom stereocenters. The summed E-state index contributed by atoms with van der Waals surface area (Å²) in [5.74, 6) is 0.0100. The number of hydrogen-bond donors (Lipinski definition) is 0. The number of rotatable bonds is 1. The summed E-state index contributed by atoms with van der Waals surface area (Å²) < 4.78 is 5.53. The molecule has 118 valence electrons. The lowest BCUT2D eigenvalue weighted by Crippen LogP contribution is -2.41. The van der Waals surface area contributed by atoms with Crippen molar-refractivity contribution < 1.29 is 14.3 Å². The van der Waals surface area contributed by atoms with Crippen molar-refractivity contribution in [3.63, 3.8) is 0 Å². The highest BCUT2D eigenvalue weighted by molar-refractivity contribution is 5.94. The lowest BCUT2D eigenvalue weighted by molar-refractivity contribution is -0.132. The van der Waals surface area contributed by atoms with E-state index in [1.54, 1.807) is 24.3 Å². The number of amides is 2. The smallest absolute Gasteiger partial charge is 0.255 e. The summed E-state index contributed by atoms with van der Waals surface area (Å²) in [5.41, 5.74) is 1.45. The fraction of sp³-hybridized carbons (Fsp3) is 0.562. The molecule has 1 spiro atoms. The van der Waals surface area contributed by atoms with Gasteiger partial charge in [0.25, 0.3) is 5.91 Å². The van der Waals surface area contributed by atoms with Crippen LogP contribution < -0.4 is 0 Å². The van der Waals surface area contributed by atoms with Crippen molar-refractivity contribution in [3.05, 3.63) is 29.6 Å². The summed E-state index contributed by atoms with van der Waals surface area (Å²) in [6.45, 7) is 4.54. The molecule has 1 aromatic rings. The third-order valence-corrected chi connectivity index (χ3v) is 4.48. The molecule has 1 unspecified atom stereocenters. The SMILES string of the molecule is Cc1cncc(C(=O)N2CCC3(COCC(=O)N(C)C3)C2)c1. The Labute approximate surface area is 130 Å².